The number of nitrogens with one attached hydrogen (secondary N) is 3. The SMILES string of the molecule is CC(NC(=O)C(N)Cc1ccccc1)C(=O)NC(CO)C(=O)NC(CC(N)=O)C(=O)O. The van der Waals surface area contributed by atoms with Crippen LogP contribution in [0.25, 0.3) is 0 Å². The highest BCUT2D eigenvalue weighted by Crippen LogP contribution is 2.02. The molecule has 1 aromatic carbocycles. The minimum atomic E-state index is -1.62. The number of carbonyl (C=O) groups excluding carboxylic acids is 4. The van der Waals surface area contributed by atoms with E-state index in [1.165, 1.54) is 6.92 Å². The highest BCUT2D eigenvalue weighted by atomic mass is 16.4. The Morgan fingerprint density at radius 2 is 1.52 bits per heavy atom. The van der Waals surface area contributed by atoms with Crippen LogP contribution in [0.4, 0.5) is 0 Å². The number of benzene rings is 1. The molecule has 0 saturated carbocycles. The normalized spacial score (nSPS) is 14.4. The lowest BCUT2D eigenvalue weighted by Gasteiger charge is -2.22. The zero-order chi connectivity index (χ0) is 23.6. The van der Waals surface area contributed by atoms with Crippen LogP contribution in [0.15, 0.2) is 30.3 Å². The number of primary amides is 1. The van der Waals surface area contributed by atoms with E-state index in [0.717, 1.165) is 5.56 Å². The minimum Gasteiger partial charge on any atom is -0.480 e. The molecule has 12 heteroatoms. The maximum atomic E-state index is 12.3. The van der Waals surface area contributed by atoms with Crippen LogP contribution < -0.4 is 27.4 Å². The number of rotatable bonds is 12. The van der Waals surface area contributed by atoms with Crippen molar-refractivity contribution in [2.75, 3.05) is 6.61 Å². The van der Waals surface area contributed by atoms with Crippen molar-refractivity contribution in [3.05, 3.63) is 35.9 Å². The first-order chi connectivity index (χ1) is 14.5. The predicted molar refractivity (Wildman–Crippen MR) is 108 cm³/mol. The minimum absolute atomic E-state index is 0.249. The summed E-state index contributed by atoms with van der Waals surface area (Å²) in [6.07, 6.45) is -0.419. The maximum absolute atomic E-state index is 12.3. The summed E-state index contributed by atoms with van der Waals surface area (Å²) in [5.74, 6) is -4.91. The predicted octanol–water partition coefficient (Wildman–Crippen LogP) is -3.02. The molecule has 1 rings (SSSR count). The molecule has 0 aliphatic rings. The third-order valence-corrected chi connectivity index (χ3v) is 4.22. The Morgan fingerprint density at radius 1 is 0.935 bits per heavy atom. The van der Waals surface area contributed by atoms with Gasteiger partial charge in [-0.2, -0.15) is 0 Å². The van der Waals surface area contributed by atoms with Crippen molar-refractivity contribution < 1.29 is 34.2 Å². The summed E-state index contributed by atoms with van der Waals surface area (Å²) in [7, 11) is 0. The molecule has 0 saturated heterocycles. The largest absolute Gasteiger partial charge is 0.480 e. The van der Waals surface area contributed by atoms with Gasteiger partial charge in [0.05, 0.1) is 19.1 Å². The lowest BCUT2D eigenvalue weighted by molar-refractivity contribution is -0.144. The standard InChI is InChI=1S/C19H27N5O7/c1-10(22-17(28)12(20)7-11-5-3-2-4-6-11)16(27)24-14(9-25)18(29)23-13(19(30)31)8-15(21)26/h2-6,10,12-14,25H,7-9,20H2,1H3,(H2,21,26)(H,22,28)(H,23,29)(H,24,27)(H,30,31). The molecule has 0 aromatic heterocycles. The molecular weight excluding hydrogens is 410 g/mol. The van der Waals surface area contributed by atoms with E-state index in [4.69, 9.17) is 16.6 Å². The van der Waals surface area contributed by atoms with E-state index in [2.05, 4.69) is 10.6 Å². The van der Waals surface area contributed by atoms with Crippen LogP contribution in [-0.2, 0) is 30.4 Å². The number of carboxylic acids is 1. The summed E-state index contributed by atoms with van der Waals surface area (Å²) >= 11 is 0. The molecule has 31 heavy (non-hydrogen) atoms. The molecule has 0 aliphatic carbocycles. The van der Waals surface area contributed by atoms with Gasteiger partial charge >= 0.3 is 5.97 Å². The number of carbonyl (C=O) groups is 5. The van der Waals surface area contributed by atoms with Gasteiger partial charge in [-0.15, -0.1) is 0 Å². The summed E-state index contributed by atoms with van der Waals surface area (Å²) < 4.78 is 0. The van der Waals surface area contributed by atoms with Crippen LogP contribution in [0.3, 0.4) is 0 Å². The van der Waals surface area contributed by atoms with Crippen molar-refractivity contribution in [2.24, 2.45) is 11.5 Å². The summed E-state index contributed by atoms with van der Waals surface area (Å²) in [5, 5.41) is 25.0. The third kappa shape index (κ3) is 8.80. The van der Waals surface area contributed by atoms with Crippen molar-refractivity contribution in [2.45, 2.75) is 43.9 Å². The van der Waals surface area contributed by atoms with E-state index in [-0.39, 0.29) is 6.42 Å². The first kappa shape index (κ1) is 25.5. The molecular formula is C19H27N5O7. The van der Waals surface area contributed by atoms with E-state index in [9.17, 15) is 29.1 Å². The second kappa shape index (κ2) is 12.2. The Bertz CT molecular complexity index is 802. The lowest BCUT2D eigenvalue weighted by Crippen LogP contribution is -2.57. The second-order valence-corrected chi connectivity index (χ2v) is 6.84. The highest BCUT2D eigenvalue weighted by molar-refractivity contribution is 5.94. The summed E-state index contributed by atoms with van der Waals surface area (Å²) in [6, 6.07) is 3.87. The second-order valence-electron chi connectivity index (χ2n) is 6.84. The Morgan fingerprint density at radius 3 is 2.03 bits per heavy atom. The third-order valence-electron chi connectivity index (χ3n) is 4.22. The van der Waals surface area contributed by atoms with E-state index >= 15 is 0 Å². The van der Waals surface area contributed by atoms with Crippen LogP contribution in [-0.4, -0.2) is 70.6 Å². The molecule has 12 nitrogen and oxygen atoms in total. The van der Waals surface area contributed by atoms with Crippen LogP contribution in [0.5, 0.6) is 0 Å². The zero-order valence-corrected chi connectivity index (χ0v) is 16.9. The highest BCUT2D eigenvalue weighted by Gasteiger charge is 2.29. The van der Waals surface area contributed by atoms with Gasteiger partial charge < -0.3 is 37.6 Å². The van der Waals surface area contributed by atoms with Crippen LogP contribution in [0.2, 0.25) is 0 Å². The van der Waals surface area contributed by atoms with Gasteiger partial charge in [-0.1, -0.05) is 30.3 Å². The fraction of sp³-hybridized carbons (Fsp3) is 0.421. The first-order valence-corrected chi connectivity index (χ1v) is 9.37. The average molecular weight is 437 g/mol. The summed E-state index contributed by atoms with van der Waals surface area (Å²) in [6.45, 7) is 0.497. The molecule has 4 amide bonds. The van der Waals surface area contributed by atoms with Gasteiger partial charge in [-0.3, -0.25) is 19.2 Å². The first-order valence-electron chi connectivity index (χ1n) is 9.37. The smallest absolute Gasteiger partial charge is 0.326 e. The number of aliphatic carboxylic acids is 1. The Kier molecular flexibility index (Phi) is 10.1. The van der Waals surface area contributed by atoms with Crippen LogP contribution >= 0.6 is 0 Å². The molecule has 0 spiro atoms. The van der Waals surface area contributed by atoms with Crippen LogP contribution in [0.1, 0.15) is 18.9 Å². The fourth-order valence-electron chi connectivity index (χ4n) is 2.51. The van der Waals surface area contributed by atoms with E-state index in [1.807, 2.05) is 11.4 Å². The van der Waals surface area contributed by atoms with Crippen molar-refractivity contribution in [1.29, 1.82) is 0 Å². The molecule has 0 bridgehead atoms. The zero-order valence-electron chi connectivity index (χ0n) is 16.9. The molecule has 0 heterocycles. The van der Waals surface area contributed by atoms with Crippen molar-refractivity contribution in [3.63, 3.8) is 0 Å². The molecule has 170 valence electrons. The molecule has 4 unspecified atom stereocenters. The molecule has 1 aromatic rings. The molecule has 0 aliphatic heterocycles. The van der Waals surface area contributed by atoms with E-state index in [0.29, 0.717) is 0 Å². The van der Waals surface area contributed by atoms with E-state index < -0.39 is 66.8 Å². The number of amides is 4. The van der Waals surface area contributed by atoms with Gasteiger partial charge in [0.15, 0.2) is 0 Å². The number of hydrogen-bond donors (Lipinski definition) is 7. The number of aliphatic hydroxyl groups is 1. The molecule has 9 N–H and O–H groups in total. The lowest BCUT2D eigenvalue weighted by atomic mass is 10.1. The monoisotopic (exact) mass is 437 g/mol. The van der Waals surface area contributed by atoms with E-state index in [1.54, 1.807) is 24.3 Å². The maximum Gasteiger partial charge on any atom is 0.326 e. The number of aliphatic hydroxyl groups excluding tert-OH is 1. The van der Waals surface area contributed by atoms with Crippen molar-refractivity contribution in [1.82, 2.24) is 16.0 Å². The topological polar surface area (TPSA) is 214 Å². The molecule has 0 radical (unpaired) electrons. The number of nitrogens with two attached hydrogens (primary N) is 2. The summed E-state index contributed by atoms with van der Waals surface area (Å²) in [4.78, 5) is 58.7. The van der Waals surface area contributed by atoms with Gasteiger partial charge in [0.2, 0.25) is 23.6 Å². The van der Waals surface area contributed by atoms with Crippen LogP contribution in [0, 0.1) is 0 Å². The van der Waals surface area contributed by atoms with Gasteiger partial charge in [-0.25, -0.2) is 4.79 Å². The van der Waals surface area contributed by atoms with Gasteiger partial charge in [0.1, 0.15) is 18.1 Å². The Balaban J connectivity index is 2.63. The van der Waals surface area contributed by atoms with Crippen molar-refractivity contribution in [3.8, 4) is 0 Å². The fourth-order valence-corrected chi connectivity index (χ4v) is 2.51. The number of hydrogen-bond acceptors (Lipinski definition) is 7. The van der Waals surface area contributed by atoms with Gasteiger partial charge in [0.25, 0.3) is 0 Å². The summed E-state index contributed by atoms with van der Waals surface area (Å²) in [5.41, 5.74) is 11.6. The average Bonchev–Trinajstić information content (AvgIpc) is 2.71. The van der Waals surface area contributed by atoms with Gasteiger partial charge in [-0.05, 0) is 18.9 Å². The van der Waals surface area contributed by atoms with Crippen molar-refractivity contribution >= 4 is 29.6 Å². The quantitative estimate of drug-likeness (QED) is 0.178. The van der Waals surface area contributed by atoms with Gasteiger partial charge in [0, 0.05) is 0 Å². The molecule has 4 atom stereocenters. The molecule has 0 fully saturated rings. The number of carboxylic acid groups (broad SMARTS) is 1. The Labute approximate surface area is 178 Å². The Hall–Kier alpha value is -3.51.